The molecule has 0 aliphatic carbocycles. The molecule has 3 heterocycles. The maximum absolute atomic E-state index is 4.73. The Morgan fingerprint density at radius 1 is 1.20 bits per heavy atom. The van der Waals surface area contributed by atoms with Crippen LogP contribution in [0.5, 0.6) is 0 Å². The van der Waals surface area contributed by atoms with E-state index >= 15 is 0 Å². The Bertz CT molecular complexity index is 964. The lowest BCUT2D eigenvalue weighted by Crippen LogP contribution is -2.09. The summed E-state index contributed by atoms with van der Waals surface area (Å²) in [7, 11) is 0. The predicted molar refractivity (Wildman–Crippen MR) is 98.8 cm³/mol. The van der Waals surface area contributed by atoms with Gasteiger partial charge in [-0.1, -0.05) is 30.3 Å². The first-order valence-corrected chi connectivity index (χ1v) is 8.93. The minimum atomic E-state index is 0.782. The molecule has 0 saturated heterocycles. The molecule has 0 amide bonds. The predicted octanol–water partition coefficient (Wildman–Crippen LogP) is 3.03. The molecular formula is C17H17N7S. The molecule has 4 aromatic rings. The number of benzene rings is 1. The molecule has 25 heavy (non-hydrogen) atoms. The fourth-order valence-corrected chi connectivity index (χ4v) is 3.21. The van der Waals surface area contributed by atoms with Gasteiger partial charge in [-0.05, 0) is 6.92 Å². The Labute approximate surface area is 148 Å². The van der Waals surface area contributed by atoms with Gasteiger partial charge in [-0.15, -0.1) is 16.9 Å². The fourth-order valence-electron chi connectivity index (χ4n) is 2.57. The van der Waals surface area contributed by atoms with E-state index in [1.54, 1.807) is 18.0 Å². The molecule has 0 atom stereocenters. The third-order valence-corrected chi connectivity index (χ3v) is 4.57. The maximum atomic E-state index is 4.73. The molecule has 0 unspecified atom stereocenters. The van der Waals surface area contributed by atoms with Crippen molar-refractivity contribution in [1.29, 1.82) is 0 Å². The zero-order valence-electron chi connectivity index (χ0n) is 13.7. The number of aromatic amines is 1. The summed E-state index contributed by atoms with van der Waals surface area (Å²) >= 11 is 1.64. The molecular weight excluding hydrogens is 334 g/mol. The normalized spacial score (nSPS) is 11.1. The number of hydrogen-bond acceptors (Lipinski definition) is 6. The Morgan fingerprint density at radius 3 is 2.88 bits per heavy atom. The lowest BCUT2D eigenvalue weighted by Gasteiger charge is -2.10. The first-order chi connectivity index (χ1) is 12.3. The number of aryl methyl sites for hydroxylation is 1. The van der Waals surface area contributed by atoms with Gasteiger partial charge in [0.1, 0.15) is 10.8 Å². The van der Waals surface area contributed by atoms with Gasteiger partial charge >= 0.3 is 0 Å². The van der Waals surface area contributed by atoms with Crippen molar-refractivity contribution in [2.24, 2.45) is 0 Å². The minimum absolute atomic E-state index is 0.782. The second-order valence-corrected chi connectivity index (χ2v) is 6.65. The molecule has 0 aliphatic rings. The standard InChI is InChI=1S/C17H17N7S/c1-12-9-16-20-14(13-5-3-2-4-6-13)10-15(24(16)22-12)18-7-8-25-17-11-19-23-21-17/h2-6,9-11,18H,7-8H2,1H3,(H,19,21,23). The highest BCUT2D eigenvalue weighted by Crippen LogP contribution is 2.23. The first-order valence-electron chi connectivity index (χ1n) is 7.95. The van der Waals surface area contributed by atoms with Gasteiger partial charge < -0.3 is 5.32 Å². The van der Waals surface area contributed by atoms with Crippen molar-refractivity contribution in [3.05, 3.63) is 54.4 Å². The zero-order chi connectivity index (χ0) is 17.1. The second-order valence-electron chi connectivity index (χ2n) is 5.53. The van der Waals surface area contributed by atoms with E-state index in [0.717, 1.165) is 45.7 Å². The van der Waals surface area contributed by atoms with Gasteiger partial charge in [0, 0.05) is 30.0 Å². The molecule has 126 valence electrons. The highest BCUT2D eigenvalue weighted by atomic mass is 32.2. The third kappa shape index (κ3) is 3.48. The summed E-state index contributed by atoms with van der Waals surface area (Å²) in [6, 6.07) is 14.2. The van der Waals surface area contributed by atoms with Crippen molar-refractivity contribution in [3.8, 4) is 11.3 Å². The number of aromatic nitrogens is 6. The highest BCUT2D eigenvalue weighted by Gasteiger charge is 2.09. The topological polar surface area (TPSA) is 83.8 Å². The van der Waals surface area contributed by atoms with Gasteiger partial charge in [0.15, 0.2) is 5.65 Å². The van der Waals surface area contributed by atoms with Crippen LogP contribution in [-0.2, 0) is 0 Å². The van der Waals surface area contributed by atoms with Gasteiger partial charge in [-0.3, -0.25) is 0 Å². The summed E-state index contributed by atoms with van der Waals surface area (Å²) in [5.74, 6) is 1.80. The number of H-pyrrole nitrogens is 1. The smallest absolute Gasteiger partial charge is 0.158 e. The van der Waals surface area contributed by atoms with E-state index < -0.39 is 0 Å². The number of hydrogen-bond donors (Lipinski definition) is 2. The molecule has 3 aromatic heterocycles. The summed E-state index contributed by atoms with van der Waals surface area (Å²) in [6.45, 7) is 2.75. The Kier molecular flexibility index (Phi) is 4.34. The van der Waals surface area contributed by atoms with Gasteiger partial charge in [0.05, 0.1) is 17.6 Å². The molecule has 0 fully saturated rings. The van der Waals surface area contributed by atoms with E-state index in [0.29, 0.717) is 0 Å². The number of thioether (sulfide) groups is 1. The van der Waals surface area contributed by atoms with Crippen molar-refractivity contribution in [2.75, 3.05) is 17.6 Å². The molecule has 0 spiro atoms. The van der Waals surface area contributed by atoms with Crippen LogP contribution < -0.4 is 5.32 Å². The summed E-state index contributed by atoms with van der Waals surface area (Å²) in [5.41, 5.74) is 3.80. The van der Waals surface area contributed by atoms with Crippen LogP contribution in [0.4, 0.5) is 5.82 Å². The van der Waals surface area contributed by atoms with Gasteiger partial charge in [0.2, 0.25) is 0 Å². The Hall–Kier alpha value is -2.87. The summed E-state index contributed by atoms with van der Waals surface area (Å²) in [4.78, 5) is 4.73. The van der Waals surface area contributed by atoms with Crippen LogP contribution in [0, 0.1) is 6.92 Å². The van der Waals surface area contributed by atoms with E-state index in [1.807, 2.05) is 41.8 Å². The number of rotatable bonds is 6. The molecule has 2 N–H and O–H groups in total. The number of nitrogens with one attached hydrogen (secondary N) is 2. The number of fused-ring (bicyclic) bond motifs is 1. The molecule has 7 nitrogen and oxygen atoms in total. The van der Waals surface area contributed by atoms with Crippen LogP contribution in [-0.4, -0.2) is 42.3 Å². The fraction of sp³-hybridized carbons (Fsp3) is 0.176. The van der Waals surface area contributed by atoms with E-state index in [1.165, 1.54) is 0 Å². The maximum Gasteiger partial charge on any atom is 0.158 e. The molecule has 4 rings (SSSR count). The zero-order valence-corrected chi connectivity index (χ0v) is 14.5. The van der Waals surface area contributed by atoms with Crippen LogP contribution >= 0.6 is 11.8 Å². The van der Waals surface area contributed by atoms with Crippen molar-refractivity contribution >= 4 is 23.2 Å². The SMILES string of the molecule is Cc1cc2nc(-c3ccccc3)cc(NCCSc3cn[nH]n3)n2n1. The minimum Gasteiger partial charge on any atom is -0.369 e. The third-order valence-electron chi connectivity index (χ3n) is 3.67. The molecule has 0 bridgehead atoms. The van der Waals surface area contributed by atoms with E-state index in [-0.39, 0.29) is 0 Å². The molecule has 1 aromatic carbocycles. The average molecular weight is 351 g/mol. The van der Waals surface area contributed by atoms with Crippen molar-refractivity contribution in [2.45, 2.75) is 11.9 Å². The van der Waals surface area contributed by atoms with E-state index in [4.69, 9.17) is 4.98 Å². The van der Waals surface area contributed by atoms with Gasteiger partial charge in [0.25, 0.3) is 0 Å². The van der Waals surface area contributed by atoms with Crippen LogP contribution in [0.3, 0.4) is 0 Å². The second kappa shape index (κ2) is 6.94. The average Bonchev–Trinajstić information content (AvgIpc) is 3.27. The molecule has 8 heteroatoms. The summed E-state index contributed by atoms with van der Waals surface area (Å²) < 4.78 is 1.85. The van der Waals surface area contributed by atoms with E-state index in [9.17, 15) is 0 Å². The monoisotopic (exact) mass is 351 g/mol. The highest BCUT2D eigenvalue weighted by molar-refractivity contribution is 7.99. The Balaban J connectivity index is 1.57. The van der Waals surface area contributed by atoms with Crippen molar-refractivity contribution < 1.29 is 0 Å². The van der Waals surface area contributed by atoms with E-state index in [2.05, 4.69) is 38.0 Å². The van der Waals surface area contributed by atoms with Gasteiger partial charge in [-0.2, -0.15) is 19.9 Å². The lowest BCUT2D eigenvalue weighted by molar-refractivity contribution is 0.908. The first kappa shape index (κ1) is 15.6. The van der Waals surface area contributed by atoms with Crippen LogP contribution in [0.15, 0.2) is 53.7 Å². The van der Waals surface area contributed by atoms with Crippen molar-refractivity contribution in [1.82, 2.24) is 30.0 Å². The lowest BCUT2D eigenvalue weighted by atomic mass is 10.1. The quantitative estimate of drug-likeness (QED) is 0.410. The van der Waals surface area contributed by atoms with Crippen LogP contribution in [0.2, 0.25) is 0 Å². The number of anilines is 1. The van der Waals surface area contributed by atoms with Gasteiger partial charge in [-0.25, -0.2) is 4.98 Å². The summed E-state index contributed by atoms with van der Waals surface area (Å²) in [5, 5.41) is 19.3. The van der Waals surface area contributed by atoms with Crippen LogP contribution in [0.25, 0.3) is 16.9 Å². The largest absolute Gasteiger partial charge is 0.369 e. The van der Waals surface area contributed by atoms with Crippen molar-refractivity contribution in [3.63, 3.8) is 0 Å². The molecule has 0 saturated carbocycles. The summed E-state index contributed by atoms with van der Waals surface area (Å²) in [6.07, 6.45) is 1.72. The van der Waals surface area contributed by atoms with Crippen LogP contribution in [0.1, 0.15) is 5.69 Å². The number of nitrogens with zero attached hydrogens (tertiary/aromatic N) is 5. The molecule has 0 radical (unpaired) electrons. The Morgan fingerprint density at radius 2 is 2.08 bits per heavy atom. The molecule has 0 aliphatic heterocycles.